The topological polar surface area (TPSA) is 191 Å². The second kappa shape index (κ2) is 17.9. The van der Waals surface area contributed by atoms with E-state index in [-0.39, 0.29) is 44.0 Å². The van der Waals surface area contributed by atoms with Crippen LogP contribution in [0.2, 0.25) is 0 Å². The van der Waals surface area contributed by atoms with E-state index in [1.54, 1.807) is 18.2 Å². The minimum absolute atomic E-state index is 0.0200. The van der Waals surface area contributed by atoms with Gasteiger partial charge in [-0.1, -0.05) is 13.0 Å². The number of urea groups is 1. The maximum atomic E-state index is 14.8. The quantitative estimate of drug-likeness (QED) is 0.273. The number of nitrogens with one attached hydrogen (secondary N) is 4. The lowest BCUT2D eigenvalue weighted by Gasteiger charge is -2.39. The number of halogens is 2. The number of anilines is 1. The Bertz CT molecular complexity index is 2210. The van der Waals surface area contributed by atoms with Crippen molar-refractivity contribution in [1.82, 2.24) is 35.2 Å². The van der Waals surface area contributed by atoms with Gasteiger partial charge in [-0.3, -0.25) is 24.0 Å². The summed E-state index contributed by atoms with van der Waals surface area (Å²) < 4.78 is 36.6. The maximum Gasteiger partial charge on any atom is 0.329 e. The average molecular weight is 847 g/mol. The monoisotopic (exact) mass is 846 g/mol. The SMILES string of the molecule is C[C@H]1C[C@H]2C(=O)O[C@@H](C)[C@H](NC(=O)[C@H](Cc3cc(F)cc(F)c3)NC(=O)Nc3ccc4ccn(C)c4c3)C(=O)N3CCC[C@H]3C(=O)N3CCCC[C@H]3C(=O)N[C@@H](C)C(=O)N2C1. The zero-order valence-corrected chi connectivity index (χ0v) is 34.6. The van der Waals surface area contributed by atoms with E-state index in [0.717, 1.165) is 23.0 Å². The number of hydrogen-bond donors (Lipinski definition) is 4. The molecule has 0 bridgehead atoms. The van der Waals surface area contributed by atoms with Gasteiger partial charge in [-0.15, -0.1) is 0 Å². The minimum Gasteiger partial charge on any atom is -0.458 e. The van der Waals surface area contributed by atoms with Crippen molar-refractivity contribution >= 4 is 58.1 Å². The number of ether oxygens (including phenoxy) is 1. The zero-order valence-electron chi connectivity index (χ0n) is 34.6. The Morgan fingerprint density at radius 2 is 1.54 bits per heavy atom. The first-order valence-electron chi connectivity index (χ1n) is 20.9. The standard InChI is InChI=1S/C43H52F2N8O8/c1-23-16-35-42(59)61-25(3)36(41(58)52-14-7-9-33(52)40(57)51-13-6-5-8-32(51)38(55)46-24(2)39(56)53(35)22-23)49-37(54)31(19-26-17-28(44)20-29(45)18-26)48-43(60)47-30-11-10-27-12-15-50(4)34(27)21-30/h10-12,15,17-18,20-21,23-25,31-33,35-36H,5-9,13-14,16,19,22H2,1-4H3,(H,46,55)(H,49,54)(H2,47,48,60)/t23-,24-,25-,31-,32-,33-,35-,36-/m0/s1. The van der Waals surface area contributed by atoms with E-state index < -0.39 is 102 Å². The summed E-state index contributed by atoms with van der Waals surface area (Å²) in [5.74, 6) is -5.98. The number of cyclic esters (lactones) is 1. The lowest BCUT2D eigenvalue weighted by atomic mass is 9.99. The third-order valence-electron chi connectivity index (χ3n) is 12.2. The van der Waals surface area contributed by atoms with Crippen LogP contribution in [0.15, 0.2) is 48.7 Å². The first-order chi connectivity index (χ1) is 29.1. The number of rotatable bonds is 6. The molecule has 1 aromatic heterocycles. The van der Waals surface area contributed by atoms with Gasteiger partial charge in [-0.05, 0) is 99.6 Å². The molecule has 2 aromatic carbocycles. The molecule has 8 atom stereocenters. The summed E-state index contributed by atoms with van der Waals surface area (Å²) >= 11 is 0. The van der Waals surface area contributed by atoms with E-state index in [0.29, 0.717) is 37.4 Å². The van der Waals surface area contributed by atoms with Crippen molar-refractivity contribution in [2.24, 2.45) is 13.0 Å². The van der Waals surface area contributed by atoms with Crippen molar-refractivity contribution in [2.75, 3.05) is 25.0 Å². The number of nitrogens with zero attached hydrogens (tertiary/aromatic N) is 4. The highest BCUT2D eigenvalue weighted by molar-refractivity contribution is 5.99. The zero-order chi connectivity index (χ0) is 43.7. The molecule has 5 heterocycles. The average Bonchev–Trinajstić information content (AvgIpc) is 3.96. The number of carbonyl (C=O) groups is 7. The molecule has 7 rings (SSSR count). The summed E-state index contributed by atoms with van der Waals surface area (Å²) in [5, 5.41) is 11.6. The van der Waals surface area contributed by atoms with Gasteiger partial charge < -0.3 is 45.3 Å². The predicted octanol–water partition coefficient (Wildman–Crippen LogP) is 2.73. The molecule has 7 amide bonds. The lowest BCUT2D eigenvalue weighted by molar-refractivity contribution is -0.163. The van der Waals surface area contributed by atoms with Crippen molar-refractivity contribution in [2.45, 2.75) is 108 Å². The van der Waals surface area contributed by atoms with E-state index in [1.807, 2.05) is 30.8 Å². The number of carbonyl (C=O) groups excluding carboxylic acids is 7. The van der Waals surface area contributed by atoms with Gasteiger partial charge in [0.05, 0.1) is 0 Å². The first-order valence-corrected chi connectivity index (χ1v) is 20.9. The molecule has 4 aliphatic rings. The molecule has 0 saturated carbocycles. The Hall–Kier alpha value is -6.07. The van der Waals surface area contributed by atoms with Crippen LogP contribution in [0.4, 0.5) is 19.3 Å². The van der Waals surface area contributed by atoms with Crippen LogP contribution < -0.4 is 21.3 Å². The molecule has 18 heteroatoms. The van der Waals surface area contributed by atoms with Crippen LogP contribution in [0.25, 0.3) is 10.9 Å². The molecule has 4 fully saturated rings. The van der Waals surface area contributed by atoms with Crippen LogP contribution in [0.1, 0.15) is 64.9 Å². The molecule has 4 N–H and O–H groups in total. The van der Waals surface area contributed by atoms with Gasteiger partial charge in [-0.2, -0.15) is 0 Å². The fourth-order valence-electron chi connectivity index (χ4n) is 9.06. The Morgan fingerprint density at radius 1 is 0.836 bits per heavy atom. The Morgan fingerprint density at radius 3 is 2.30 bits per heavy atom. The molecular formula is C43H52F2N8O8. The largest absolute Gasteiger partial charge is 0.458 e. The molecule has 16 nitrogen and oxygen atoms in total. The summed E-state index contributed by atoms with van der Waals surface area (Å²) in [4.78, 5) is 103. The van der Waals surface area contributed by atoms with E-state index in [1.165, 1.54) is 28.5 Å². The Kier molecular flexibility index (Phi) is 12.6. The van der Waals surface area contributed by atoms with Crippen molar-refractivity contribution in [1.29, 1.82) is 0 Å². The van der Waals surface area contributed by atoms with Gasteiger partial charge in [0.2, 0.25) is 29.5 Å². The van der Waals surface area contributed by atoms with Crippen molar-refractivity contribution in [3.8, 4) is 0 Å². The number of benzene rings is 2. The molecule has 0 radical (unpaired) electrons. The number of amides is 7. The third kappa shape index (κ3) is 9.32. The molecule has 0 unspecified atom stereocenters. The van der Waals surface area contributed by atoms with E-state index in [4.69, 9.17) is 4.74 Å². The number of fused-ring (bicyclic) bond motifs is 4. The van der Waals surface area contributed by atoms with E-state index >= 15 is 0 Å². The van der Waals surface area contributed by atoms with Gasteiger partial charge in [0.15, 0.2) is 0 Å². The van der Waals surface area contributed by atoms with Crippen LogP contribution in [0.3, 0.4) is 0 Å². The van der Waals surface area contributed by atoms with Crippen LogP contribution in [-0.2, 0) is 47.0 Å². The summed E-state index contributed by atoms with van der Waals surface area (Å²) in [6.07, 6.45) is 2.63. The molecule has 0 aliphatic carbocycles. The normalized spacial score (nSPS) is 26.9. The fraction of sp³-hybridized carbons (Fsp3) is 0.512. The minimum atomic E-state index is -1.63. The molecule has 4 aliphatic heterocycles. The number of hydrogen-bond acceptors (Lipinski definition) is 8. The van der Waals surface area contributed by atoms with Gasteiger partial charge >= 0.3 is 12.0 Å². The number of piperidine rings is 1. The molecular weight excluding hydrogens is 795 g/mol. The molecule has 4 saturated heterocycles. The predicted molar refractivity (Wildman–Crippen MR) is 217 cm³/mol. The van der Waals surface area contributed by atoms with Gasteiger partial charge in [-0.25, -0.2) is 18.4 Å². The molecule has 0 spiro atoms. The van der Waals surface area contributed by atoms with Crippen LogP contribution in [0.5, 0.6) is 0 Å². The van der Waals surface area contributed by atoms with Gasteiger partial charge in [0.1, 0.15) is 54.0 Å². The first kappa shape index (κ1) is 43.0. The summed E-state index contributed by atoms with van der Waals surface area (Å²) in [7, 11) is 1.84. The van der Waals surface area contributed by atoms with Crippen LogP contribution >= 0.6 is 0 Å². The summed E-state index contributed by atoms with van der Waals surface area (Å²) in [5.41, 5.74) is 1.22. The molecule has 61 heavy (non-hydrogen) atoms. The van der Waals surface area contributed by atoms with Crippen molar-refractivity contribution < 1.29 is 47.1 Å². The van der Waals surface area contributed by atoms with Gasteiger partial charge in [0, 0.05) is 56.6 Å². The summed E-state index contributed by atoms with van der Waals surface area (Å²) in [6.45, 7) is 5.37. The van der Waals surface area contributed by atoms with Crippen LogP contribution in [0, 0.1) is 17.6 Å². The second-order valence-electron chi connectivity index (χ2n) is 16.8. The van der Waals surface area contributed by atoms with Crippen LogP contribution in [-0.4, -0.2) is 123 Å². The smallest absolute Gasteiger partial charge is 0.329 e. The fourth-order valence-corrected chi connectivity index (χ4v) is 9.06. The Labute approximate surface area is 351 Å². The maximum absolute atomic E-state index is 14.8. The number of aromatic nitrogens is 1. The highest BCUT2D eigenvalue weighted by Gasteiger charge is 2.47. The third-order valence-corrected chi connectivity index (χ3v) is 12.2. The molecule has 3 aromatic rings. The van der Waals surface area contributed by atoms with Crippen molar-refractivity contribution in [3.05, 3.63) is 65.9 Å². The number of esters is 1. The lowest BCUT2D eigenvalue weighted by Crippen LogP contribution is -2.63. The summed E-state index contributed by atoms with van der Waals surface area (Å²) in [6, 6.07) is 1.78. The molecule has 326 valence electrons. The highest BCUT2D eigenvalue weighted by Crippen LogP contribution is 2.29. The van der Waals surface area contributed by atoms with E-state index in [2.05, 4.69) is 21.3 Å². The number of aryl methyl sites for hydroxylation is 1. The second-order valence-corrected chi connectivity index (χ2v) is 16.8. The Balaban J connectivity index is 1.21. The highest BCUT2D eigenvalue weighted by atomic mass is 19.1. The van der Waals surface area contributed by atoms with Crippen molar-refractivity contribution in [3.63, 3.8) is 0 Å². The van der Waals surface area contributed by atoms with E-state index in [9.17, 15) is 42.3 Å². The van der Waals surface area contributed by atoms with Gasteiger partial charge in [0.25, 0.3) is 0 Å².